The Kier molecular flexibility index (Phi) is 3.44. The number of aliphatic hydroxyl groups is 1. The van der Waals surface area contributed by atoms with Crippen LogP contribution < -0.4 is 0 Å². The molecule has 3 rings (SSSR count). The normalized spacial score (nSPS) is 17.8. The lowest BCUT2D eigenvalue weighted by Crippen LogP contribution is -2.27. The van der Waals surface area contributed by atoms with Gasteiger partial charge >= 0.3 is 0 Å². The van der Waals surface area contributed by atoms with Gasteiger partial charge in [0.05, 0.1) is 11.3 Å². The molecule has 5 nitrogen and oxygen atoms in total. The van der Waals surface area contributed by atoms with Gasteiger partial charge in [-0.05, 0) is 44.4 Å². The van der Waals surface area contributed by atoms with Gasteiger partial charge in [0, 0.05) is 30.8 Å². The van der Waals surface area contributed by atoms with Gasteiger partial charge in [0.1, 0.15) is 5.65 Å². The SMILES string of the molecule is CC(C)(O)c1cc2cnc(Cl)nc2n1C1CCOCC1. The number of fused-ring (bicyclic) bond motifs is 1. The minimum absolute atomic E-state index is 0.228. The van der Waals surface area contributed by atoms with Crippen molar-refractivity contribution < 1.29 is 9.84 Å². The number of hydrogen-bond acceptors (Lipinski definition) is 4. The molecule has 2 aromatic rings. The smallest absolute Gasteiger partial charge is 0.224 e. The molecule has 6 heteroatoms. The molecule has 0 aliphatic carbocycles. The molecular weight excluding hydrogens is 278 g/mol. The Hall–Kier alpha value is -1.17. The third-order valence-corrected chi connectivity index (χ3v) is 3.91. The first-order valence-electron chi connectivity index (χ1n) is 6.81. The molecule has 20 heavy (non-hydrogen) atoms. The Morgan fingerprint density at radius 2 is 2.10 bits per heavy atom. The summed E-state index contributed by atoms with van der Waals surface area (Å²) in [6, 6.07) is 2.22. The number of nitrogens with zero attached hydrogens (tertiary/aromatic N) is 3. The predicted molar refractivity (Wildman–Crippen MR) is 76.9 cm³/mol. The summed E-state index contributed by atoms with van der Waals surface area (Å²) in [5.74, 6) is 0. The Balaban J connectivity index is 2.21. The molecule has 2 aromatic heterocycles. The zero-order valence-corrected chi connectivity index (χ0v) is 12.4. The number of ether oxygens (including phenoxy) is 1. The van der Waals surface area contributed by atoms with Gasteiger partial charge in [-0.15, -0.1) is 0 Å². The van der Waals surface area contributed by atoms with E-state index in [1.807, 2.05) is 6.07 Å². The summed E-state index contributed by atoms with van der Waals surface area (Å²) >= 11 is 5.93. The summed E-state index contributed by atoms with van der Waals surface area (Å²) in [6.45, 7) is 5.03. The summed E-state index contributed by atoms with van der Waals surface area (Å²) in [6.07, 6.45) is 3.53. The van der Waals surface area contributed by atoms with Crippen LogP contribution in [-0.2, 0) is 10.3 Å². The molecule has 108 valence electrons. The molecule has 1 saturated heterocycles. The van der Waals surface area contributed by atoms with Gasteiger partial charge in [0.25, 0.3) is 0 Å². The minimum Gasteiger partial charge on any atom is -0.384 e. The molecule has 1 aliphatic heterocycles. The molecule has 0 atom stereocenters. The van der Waals surface area contributed by atoms with Crippen molar-refractivity contribution in [1.29, 1.82) is 0 Å². The first kappa shape index (κ1) is 13.8. The lowest BCUT2D eigenvalue weighted by atomic mass is 10.0. The van der Waals surface area contributed by atoms with Crippen molar-refractivity contribution in [3.63, 3.8) is 0 Å². The largest absolute Gasteiger partial charge is 0.384 e. The Morgan fingerprint density at radius 3 is 2.75 bits per heavy atom. The molecule has 1 aliphatic rings. The van der Waals surface area contributed by atoms with Crippen molar-refractivity contribution in [2.75, 3.05) is 13.2 Å². The maximum absolute atomic E-state index is 10.4. The van der Waals surface area contributed by atoms with Gasteiger partial charge in [0.2, 0.25) is 5.28 Å². The molecular formula is C14H18ClN3O2. The first-order valence-corrected chi connectivity index (χ1v) is 7.18. The van der Waals surface area contributed by atoms with Crippen LogP contribution in [0.4, 0.5) is 0 Å². The second kappa shape index (κ2) is 4.98. The van der Waals surface area contributed by atoms with Crippen LogP contribution in [0, 0.1) is 0 Å². The molecule has 1 N–H and O–H groups in total. The van der Waals surface area contributed by atoms with E-state index in [0.717, 1.165) is 42.8 Å². The highest BCUT2D eigenvalue weighted by Gasteiger charge is 2.28. The summed E-state index contributed by atoms with van der Waals surface area (Å²) in [5, 5.41) is 11.6. The van der Waals surface area contributed by atoms with Gasteiger partial charge in [-0.25, -0.2) is 4.98 Å². The van der Waals surface area contributed by atoms with Crippen molar-refractivity contribution in [2.45, 2.75) is 38.3 Å². The van der Waals surface area contributed by atoms with Crippen LogP contribution in [-0.4, -0.2) is 32.9 Å². The van der Waals surface area contributed by atoms with E-state index >= 15 is 0 Å². The maximum Gasteiger partial charge on any atom is 0.224 e. The van der Waals surface area contributed by atoms with Crippen molar-refractivity contribution in [2.24, 2.45) is 0 Å². The summed E-state index contributed by atoms with van der Waals surface area (Å²) in [4.78, 5) is 8.37. The molecule has 0 bridgehead atoms. The quantitative estimate of drug-likeness (QED) is 0.865. The van der Waals surface area contributed by atoms with E-state index < -0.39 is 5.60 Å². The van der Waals surface area contributed by atoms with Crippen LogP contribution in [0.5, 0.6) is 0 Å². The Morgan fingerprint density at radius 1 is 1.40 bits per heavy atom. The average Bonchev–Trinajstić information content (AvgIpc) is 2.78. The van der Waals surface area contributed by atoms with Crippen LogP contribution in [0.3, 0.4) is 0 Å². The van der Waals surface area contributed by atoms with E-state index in [9.17, 15) is 5.11 Å². The first-order chi connectivity index (χ1) is 9.47. The van der Waals surface area contributed by atoms with Gasteiger partial charge in [-0.2, -0.15) is 4.98 Å². The van der Waals surface area contributed by atoms with Crippen molar-refractivity contribution in [1.82, 2.24) is 14.5 Å². The lowest BCUT2D eigenvalue weighted by molar-refractivity contribution is 0.0498. The van der Waals surface area contributed by atoms with E-state index in [4.69, 9.17) is 16.3 Å². The molecule has 3 heterocycles. The third kappa shape index (κ3) is 2.41. The van der Waals surface area contributed by atoms with E-state index in [1.165, 1.54) is 0 Å². The highest BCUT2D eigenvalue weighted by Crippen LogP contribution is 2.34. The zero-order valence-electron chi connectivity index (χ0n) is 11.6. The van der Waals surface area contributed by atoms with E-state index in [1.54, 1.807) is 20.0 Å². The second-order valence-corrected chi connectivity index (χ2v) is 6.06. The second-order valence-electron chi connectivity index (χ2n) is 5.72. The standard InChI is InChI=1S/C14H18ClN3O2/c1-14(2,19)11-7-9-8-16-13(15)17-12(9)18(11)10-3-5-20-6-4-10/h7-8,10,19H,3-6H2,1-2H3. The molecule has 0 radical (unpaired) electrons. The fourth-order valence-electron chi connectivity index (χ4n) is 2.77. The number of halogens is 1. The van der Waals surface area contributed by atoms with Crippen molar-refractivity contribution in [3.8, 4) is 0 Å². The Labute approximate surface area is 122 Å². The molecule has 0 aromatic carbocycles. The Bertz CT molecular complexity index is 627. The molecule has 0 amide bonds. The zero-order chi connectivity index (χ0) is 14.3. The van der Waals surface area contributed by atoms with E-state index in [2.05, 4.69) is 14.5 Å². The van der Waals surface area contributed by atoms with Crippen LogP contribution in [0.25, 0.3) is 11.0 Å². The van der Waals surface area contributed by atoms with E-state index in [0.29, 0.717) is 0 Å². The van der Waals surface area contributed by atoms with Crippen LogP contribution >= 0.6 is 11.6 Å². The fraction of sp³-hybridized carbons (Fsp3) is 0.571. The monoisotopic (exact) mass is 295 g/mol. The van der Waals surface area contributed by atoms with Crippen LogP contribution in [0.15, 0.2) is 12.3 Å². The molecule has 0 spiro atoms. The highest BCUT2D eigenvalue weighted by atomic mass is 35.5. The average molecular weight is 296 g/mol. The molecule has 0 unspecified atom stereocenters. The summed E-state index contributed by atoms with van der Waals surface area (Å²) in [5.41, 5.74) is 0.691. The molecule has 0 saturated carbocycles. The van der Waals surface area contributed by atoms with Gasteiger partial charge < -0.3 is 14.4 Å². The number of aromatic nitrogens is 3. The topological polar surface area (TPSA) is 60.2 Å². The lowest BCUT2D eigenvalue weighted by Gasteiger charge is -2.29. The number of rotatable bonds is 2. The number of hydrogen-bond donors (Lipinski definition) is 1. The summed E-state index contributed by atoms with van der Waals surface area (Å²) < 4.78 is 7.53. The van der Waals surface area contributed by atoms with Crippen LogP contribution in [0.1, 0.15) is 38.4 Å². The predicted octanol–water partition coefficient (Wildman–Crippen LogP) is 2.66. The summed E-state index contributed by atoms with van der Waals surface area (Å²) in [7, 11) is 0. The fourth-order valence-corrected chi connectivity index (χ4v) is 2.90. The highest BCUT2D eigenvalue weighted by molar-refractivity contribution is 6.28. The van der Waals surface area contributed by atoms with Crippen LogP contribution in [0.2, 0.25) is 5.28 Å². The third-order valence-electron chi connectivity index (χ3n) is 3.73. The van der Waals surface area contributed by atoms with E-state index in [-0.39, 0.29) is 11.3 Å². The molecule has 1 fully saturated rings. The van der Waals surface area contributed by atoms with Crippen molar-refractivity contribution in [3.05, 3.63) is 23.2 Å². The maximum atomic E-state index is 10.4. The van der Waals surface area contributed by atoms with Gasteiger partial charge in [-0.3, -0.25) is 0 Å². The minimum atomic E-state index is -0.939. The van der Waals surface area contributed by atoms with Gasteiger partial charge in [0.15, 0.2) is 0 Å². The van der Waals surface area contributed by atoms with Crippen molar-refractivity contribution >= 4 is 22.6 Å². The van der Waals surface area contributed by atoms with Gasteiger partial charge in [-0.1, -0.05) is 0 Å².